The van der Waals surface area contributed by atoms with Crippen molar-refractivity contribution in [2.75, 3.05) is 11.5 Å². The minimum atomic E-state index is -1.05. The van der Waals surface area contributed by atoms with E-state index >= 15 is 0 Å². The Bertz CT molecular complexity index is 310. The molecule has 1 spiro atoms. The van der Waals surface area contributed by atoms with E-state index in [9.17, 15) is 9.00 Å². The predicted molar refractivity (Wildman–Crippen MR) is 65.4 cm³/mol. The molecule has 1 aliphatic carbocycles. The molecule has 1 saturated heterocycles. The van der Waals surface area contributed by atoms with E-state index in [1.54, 1.807) is 0 Å². The monoisotopic (exact) mass is 260 g/mol. The molecule has 1 heterocycles. The molecule has 0 aromatic heterocycles. The lowest BCUT2D eigenvalue weighted by atomic mass is 9.98. The van der Waals surface area contributed by atoms with E-state index in [1.165, 1.54) is 12.8 Å². The minimum absolute atomic E-state index is 0.00945. The van der Waals surface area contributed by atoms with Crippen LogP contribution in [0.25, 0.3) is 0 Å². The molecule has 2 unspecified atom stereocenters. The first kappa shape index (κ1) is 13.0. The number of carboxylic acids is 1. The Hall–Kier alpha value is -0.420. The van der Waals surface area contributed by atoms with Gasteiger partial charge in [0, 0.05) is 22.3 Å². The Morgan fingerprint density at radius 1 is 1.35 bits per heavy atom. The fourth-order valence-electron chi connectivity index (χ4n) is 2.89. The lowest BCUT2D eigenvalue weighted by Gasteiger charge is -2.23. The molecule has 0 bridgehead atoms. The highest BCUT2D eigenvalue weighted by Crippen LogP contribution is 2.43. The van der Waals surface area contributed by atoms with Crippen LogP contribution < -0.4 is 0 Å². The fourth-order valence-corrected chi connectivity index (χ4v) is 4.11. The highest BCUT2D eigenvalue weighted by molar-refractivity contribution is 7.85. The average molecular weight is 260 g/mol. The van der Waals surface area contributed by atoms with Crippen molar-refractivity contribution < 1.29 is 18.8 Å². The molecule has 1 aliphatic heterocycles. The molecule has 0 radical (unpaired) electrons. The van der Waals surface area contributed by atoms with Gasteiger partial charge in [0.1, 0.15) is 0 Å². The highest BCUT2D eigenvalue weighted by atomic mass is 32.2. The summed E-state index contributed by atoms with van der Waals surface area (Å²) in [5.41, 5.74) is 0.0850. The van der Waals surface area contributed by atoms with Crippen molar-refractivity contribution in [1.82, 2.24) is 0 Å². The molecular formula is C12H20O4S. The Balaban J connectivity index is 1.73. The van der Waals surface area contributed by atoms with Gasteiger partial charge in [0.25, 0.3) is 0 Å². The standard InChI is InChI=1S/C12H20O4S/c13-11(14)4-8-17(15)9-10-3-7-12(16-10)5-1-2-6-12/h10H,1-9H2,(H,13,14). The van der Waals surface area contributed by atoms with E-state index in [0.717, 1.165) is 25.7 Å². The van der Waals surface area contributed by atoms with Crippen LogP contribution in [0.15, 0.2) is 0 Å². The number of carboxylic acid groups (broad SMARTS) is 1. The van der Waals surface area contributed by atoms with E-state index in [1.807, 2.05) is 0 Å². The second-order valence-corrected chi connectivity index (χ2v) is 6.74. The zero-order valence-corrected chi connectivity index (χ0v) is 10.8. The first-order valence-electron chi connectivity index (χ1n) is 6.34. The van der Waals surface area contributed by atoms with E-state index < -0.39 is 16.8 Å². The smallest absolute Gasteiger partial charge is 0.304 e. The molecule has 17 heavy (non-hydrogen) atoms. The minimum Gasteiger partial charge on any atom is -0.481 e. The molecule has 2 atom stereocenters. The van der Waals surface area contributed by atoms with Gasteiger partial charge in [0.15, 0.2) is 0 Å². The average Bonchev–Trinajstić information content (AvgIpc) is 2.87. The highest BCUT2D eigenvalue weighted by Gasteiger charge is 2.42. The third-order valence-corrected chi connectivity index (χ3v) is 5.17. The van der Waals surface area contributed by atoms with Crippen molar-refractivity contribution >= 4 is 16.8 Å². The van der Waals surface area contributed by atoms with Gasteiger partial charge >= 0.3 is 5.97 Å². The maximum absolute atomic E-state index is 11.7. The maximum atomic E-state index is 11.7. The first-order valence-corrected chi connectivity index (χ1v) is 7.83. The van der Waals surface area contributed by atoms with Gasteiger partial charge in [0.2, 0.25) is 0 Å². The van der Waals surface area contributed by atoms with Gasteiger partial charge in [0.05, 0.1) is 18.1 Å². The van der Waals surface area contributed by atoms with Crippen LogP contribution in [0.3, 0.4) is 0 Å². The van der Waals surface area contributed by atoms with Crippen molar-refractivity contribution in [3.05, 3.63) is 0 Å². The molecule has 0 amide bonds. The predicted octanol–water partition coefficient (Wildman–Crippen LogP) is 1.70. The largest absolute Gasteiger partial charge is 0.481 e. The van der Waals surface area contributed by atoms with Crippen LogP contribution in [0, 0.1) is 0 Å². The molecule has 1 N–H and O–H groups in total. The third-order valence-electron chi connectivity index (χ3n) is 3.77. The zero-order chi connectivity index (χ0) is 12.3. The van der Waals surface area contributed by atoms with E-state index in [0.29, 0.717) is 5.75 Å². The van der Waals surface area contributed by atoms with Crippen LogP contribution in [0.1, 0.15) is 44.9 Å². The molecule has 2 aliphatic rings. The zero-order valence-electron chi connectivity index (χ0n) is 10.0. The number of hydrogen-bond acceptors (Lipinski definition) is 3. The summed E-state index contributed by atoms with van der Waals surface area (Å²) in [4.78, 5) is 10.4. The SMILES string of the molecule is O=C(O)CCS(=O)CC1CCC2(CCCC2)O1. The second-order valence-electron chi connectivity index (χ2n) is 5.12. The molecule has 4 nitrogen and oxygen atoms in total. The molecular weight excluding hydrogens is 240 g/mol. The summed E-state index contributed by atoms with van der Waals surface area (Å²) >= 11 is 0. The summed E-state index contributed by atoms with van der Waals surface area (Å²) in [6, 6.07) is 0. The Morgan fingerprint density at radius 2 is 2.06 bits per heavy atom. The van der Waals surface area contributed by atoms with Crippen molar-refractivity contribution in [3.8, 4) is 0 Å². The van der Waals surface area contributed by atoms with Crippen molar-refractivity contribution in [2.45, 2.75) is 56.7 Å². The Kier molecular flexibility index (Phi) is 4.20. The van der Waals surface area contributed by atoms with E-state index in [2.05, 4.69) is 0 Å². The van der Waals surface area contributed by atoms with Gasteiger partial charge < -0.3 is 9.84 Å². The van der Waals surface area contributed by atoms with Crippen molar-refractivity contribution in [1.29, 1.82) is 0 Å². The summed E-state index contributed by atoms with van der Waals surface area (Å²) in [7, 11) is -1.05. The molecule has 5 heteroatoms. The molecule has 1 saturated carbocycles. The number of hydrogen-bond donors (Lipinski definition) is 1. The van der Waals surface area contributed by atoms with Crippen LogP contribution in [0.5, 0.6) is 0 Å². The van der Waals surface area contributed by atoms with Gasteiger partial charge in [-0.25, -0.2) is 0 Å². The Morgan fingerprint density at radius 3 is 2.71 bits per heavy atom. The van der Waals surface area contributed by atoms with Crippen LogP contribution >= 0.6 is 0 Å². The van der Waals surface area contributed by atoms with Gasteiger partial charge in [-0.2, -0.15) is 0 Å². The number of rotatable bonds is 5. The lowest BCUT2D eigenvalue weighted by molar-refractivity contribution is -0.136. The first-order chi connectivity index (χ1) is 8.10. The summed E-state index contributed by atoms with van der Waals surface area (Å²) in [6.45, 7) is 0. The normalized spacial score (nSPS) is 28.6. The number of carbonyl (C=O) groups is 1. The van der Waals surface area contributed by atoms with Gasteiger partial charge in [-0.15, -0.1) is 0 Å². The van der Waals surface area contributed by atoms with Crippen LogP contribution in [0.2, 0.25) is 0 Å². The molecule has 2 rings (SSSR count). The van der Waals surface area contributed by atoms with Crippen LogP contribution in [-0.2, 0) is 20.3 Å². The van der Waals surface area contributed by atoms with Crippen LogP contribution in [0.4, 0.5) is 0 Å². The van der Waals surface area contributed by atoms with E-state index in [-0.39, 0.29) is 23.9 Å². The van der Waals surface area contributed by atoms with Gasteiger partial charge in [-0.1, -0.05) is 12.8 Å². The maximum Gasteiger partial charge on any atom is 0.304 e. The van der Waals surface area contributed by atoms with Gasteiger partial charge in [-0.3, -0.25) is 9.00 Å². The Labute approximate surface area is 104 Å². The summed E-state index contributed by atoms with van der Waals surface area (Å²) in [6.07, 6.45) is 6.93. The van der Waals surface area contributed by atoms with Crippen molar-refractivity contribution in [3.63, 3.8) is 0 Å². The number of ether oxygens (including phenoxy) is 1. The van der Waals surface area contributed by atoms with Crippen molar-refractivity contribution in [2.24, 2.45) is 0 Å². The summed E-state index contributed by atoms with van der Waals surface area (Å²) < 4.78 is 17.7. The molecule has 0 aromatic carbocycles. The molecule has 2 fully saturated rings. The van der Waals surface area contributed by atoms with E-state index in [4.69, 9.17) is 9.84 Å². The third kappa shape index (κ3) is 3.52. The van der Waals surface area contributed by atoms with Crippen LogP contribution in [-0.4, -0.2) is 38.5 Å². The number of aliphatic carboxylic acids is 1. The summed E-state index contributed by atoms with van der Waals surface area (Å²) in [5, 5.41) is 8.52. The van der Waals surface area contributed by atoms with Gasteiger partial charge in [-0.05, 0) is 25.7 Å². The quantitative estimate of drug-likeness (QED) is 0.817. The second kappa shape index (κ2) is 5.48. The molecule has 0 aromatic rings. The fraction of sp³-hybridized carbons (Fsp3) is 0.917. The summed E-state index contributed by atoms with van der Waals surface area (Å²) in [5.74, 6) is -0.116. The lowest BCUT2D eigenvalue weighted by Crippen LogP contribution is -2.27. The molecule has 98 valence electrons. The topological polar surface area (TPSA) is 63.6 Å².